The van der Waals surface area contributed by atoms with Gasteiger partial charge in [-0.1, -0.05) is 35.9 Å². The molecule has 0 radical (unpaired) electrons. The van der Waals surface area contributed by atoms with Crippen molar-refractivity contribution < 1.29 is 28.0 Å². The maximum atomic E-state index is 11.7. The molecule has 144 valence electrons. The average Bonchev–Trinajstić information content (AvgIpc) is 2.62. The van der Waals surface area contributed by atoms with E-state index in [1.807, 2.05) is 0 Å². The molecule has 0 spiro atoms. The van der Waals surface area contributed by atoms with Gasteiger partial charge in [0.05, 0.1) is 0 Å². The summed E-state index contributed by atoms with van der Waals surface area (Å²) >= 11 is 5.91. The molecule has 0 fully saturated rings. The Bertz CT molecular complexity index is 1250. The van der Waals surface area contributed by atoms with Crippen molar-refractivity contribution in [1.82, 2.24) is 0 Å². The number of fused-ring (bicyclic) bond motifs is 1. The fourth-order valence-electron chi connectivity index (χ4n) is 2.74. The van der Waals surface area contributed by atoms with Gasteiger partial charge in [0.15, 0.2) is 5.75 Å². The molecule has 3 aromatic rings. The Balaban J connectivity index is 2.27. The van der Waals surface area contributed by atoms with Crippen molar-refractivity contribution in [3.05, 3.63) is 58.6 Å². The van der Waals surface area contributed by atoms with Crippen molar-refractivity contribution in [3.63, 3.8) is 0 Å². The van der Waals surface area contributed by atoms with Crippen LogP contribution in [-0.4, -0.2) is 29.2 Å². The SMILES string of the molecule is Cc1c(Cl)ccc(N=Nc2c(O)c(C(=O)O)cc3ccccc23)c1S(=O)(=O)O. The first-order chi connectivity index (χ1) is 13.1. The summed E-state index contributed by atoms with van der Waals surface area (Å²) in [6, 6.07) is 10.5. The van der Waals surface area contributed by atoms with E-state index in [2.05, 4.69) is 10.2 Å². The van der Waals surface area contributed by atoms with Gasteiger partial charge in [0.25, 0.3) is 10.1 Å². The van der Waals surface area contributed by atoms with Gasteiger partial charge in [-0.25, -0.2) is 4.79 Å². The minimum absolute atomic E-state index is 0.0778. The number of aromatic hydroxyl groups is 1. The van der Waals surface area contributed by atoms with Gasteiger partial charge >= 0.3 is 5.97 Å². The van der Waals surface area contributed by atoms with Crippen molar-refractivity contribution in [2.24, 2.45) is 10.2 Å². The molecule has 10 heteroatoms. The molecule has 0 aliphatic heterocycles. The molecule has 0 aliphatic rings. The van der Waals surface area contributed by atoms with Crippen LogP contribution in [0.3, 0.4) is 0 Å². The molecular weight excluding hydrogens is 408 g/mol. The molecule has 8 nitrogen and oxygen atoms in total. The van der Waals surface area contributed by atoms with Crippen LogP contribution in [0.25, 0.3) is 10.8 Å². The summed E-state index contributed by atoms with van der Waals surface area (Å²) in [6.45, 7) is 1.39. The fraction of sp³-hybridized carbons (Fsp3) is 0.0556. The lowest BCUT2D eigenvalue weighted by Gasteiger charge is -2.09. The Kier molecular flexibility index (Phi) is 5.07. The average molecular weight is 421 g/mol. The van der Waals surface area contributed by atoms with Gasteiger partial charge in [-0.05, 0) is 36.1 Å². The number of nitrogens with zero attached hydrogens (tertiary/aromatic N) is 2. The van der Waals surface area contributed by atoms with Gasteiger partial charge in [-0.3, -0.25) is 4.55 Å². The number of carbonyl (C=O) groups is 1. The molecule has 3 N–H and O–H groups in total. The van der Waals surface area contributed by atoms with Crippen LogP contribution in [0, 0.1) is 6.92 Å². The lowest BCUT2D eigenvalue weighted by Crippen LogP contribution is -2.01. The summed E-state index contributed by atoms with van der Waals surface area (Å²) in [5, 5.41) is 28.4. The molecule has 0 saturated carbocycles. The third-order valence-electron chi connectivity index (χ3n) is 4.06. The highest BCUT2D eigenvalue weighted by atomic mass is 35.5. The molecular formula is C18H13ClN2O6S. The van der Waals surface area contributed by atoms with Crippen LogP contribution in [0.2, 0.25) is 5.02 Å². The van der Waals surface area contributed by atoms with Crippen LogP contribution < -0.4 is 0 Å². The third-order valence-corrected chi connectivity index (χ3v) is 5.50. The molecule has 0 saturated heterocycles. The minimum atomic E-state index is -4.66. The number of rotatable bonds is 4. The molecule has 3 rings (SSSR count). The maximum Gasteiger partial charge on any atom is 0.339 e. The van der Waals surface area contributed by atoms with Crippen LogP contribution in [0.15, 0.2) is 57.6 Å². The summed E-state index contributed by atoms with van der Waals surface area (Å²) in [7, 11) is -4.66. The van der Waals surface area contributed by atoms with E-state index in [0.717, 1.165) is 0 Å². The predicted octanol–water partition coefficient (Wildman–Crippen LogP) is 4.87. The number of phenols is 1. The molecule has 0 heterocycles. The van der Waals surface area contributed by atoms with E-state index >= 15 is 0 Å². The molecule has 0 unspecified atom stereocenters. The second-order valence-electron chi connectivity index (χ2n) is 5.84. The topological polar surface area (TPSA) is 137 Å². The number of halogens is 1. The number of azo groups is 1. The summed E-state index contributed by atoms with van der Waals surface area (Å²) < 4.78 is 33.0. The zero-order valence-electron chi connectivity index (χ0n) is 14.3. The molecule has 0 bridgehead atoms. The van der Waals surface area contributed by atoms with E-state index in [1.165, 1.54) is 25.1 Å². The zero-order valence-corrected chi connectivity index (χ0v) is 15.9. The Hall–Kier alpha value is -3.01. The van der Waals surface area contributed by atoms with Gasteiger partial charge in [0.1, 0.15) is 21.8 Å². The van der Waals surface area contributed by atoms with E-state index in [0.29, 0.717) is 10.8 Å². The van der Waals surface area contributed by atoms with Crippen LogP contribution in [0.5, 0.6) is 5.75 Å². The lowest BCUT2D eigenvalue weighted by molar-refractivity contribution is 0.0694. The van der Waals surface area contributed by atoms with Crippen molar-refractivity contribution in [2.45, 2.75) is 11.8 Å². The standard InChI is InChI=1S/C18H13ClN2O6S/c1-9-13(19)6-7-14(17(9)28(25,26)27)20-21-15-11-5-3-2-4-10(11)8-12(16(15)22)18(23)24/h2-8,22H,1H3,(H,23,24)(H,25,26,27). The monoisotopic (exact) mass is 420 g/mol. The highest BCUT2D eigenvalue weighted by molar-refractivity contribution is 7.86. The first kappa shape index (κ1) is 19.7. The smallest absolute Gasteiger partial charge is 0.339 e. The van der Waals surface area contributed by atoms with E-state index in [9.17, 15) is 28.0 Å². The molecule has 28 heavy (non-hydrogen) atoms. The van der Waals surface area contributed by atoms with Crippen molar-refractivity contribution in [1.29, 1.82) is 0 Å². The number of benzene rings is 3. The number of carboxylic acid groups (broad SMARTS) is 1. The number of aromatic carboxylic acids is 1. The molecule has 3 aromatic carbocycles. The van der Waals surface area contributed by atoms with Gasteiger partial charge in [0.2, 0.25) is 0 Å². The first-order valence-electron chi connectivity index (χ1n) is 7.77. The zero-order chi connectivity index (χ0) is 20.6. The van der Waals surface area contributed by atoms with Gasteiger partial charge in [-0.15, -0.1) is 10.2 Å². The Morgan fingerprint density at radius 2 is 1.79 bits per heavy atom. The van der Waals surface area contributed by atoms with E-state index in [4.69, 9.17) is 11.6 Å². The first-order valence-corrected chi connectivity index (χ1v) is 9.59. The third kappa shape index (κ3) is 3.55. The number of hydrogen-bond donors (Lipinski definition) is 3. The van der Waals surface area contributed by atoms with Gasteiger partial charge < -0.3 is 10.2 Å². The van der Waals surface area contributed by atoms with E-state index in [1.54, 1.807) is 24.3 Å². The molecule has 0 atom stereocenters. The highest BCUT2D eigenvalue weighted by Crippen LogP contribution is 2.40. The number of carboxylic acids is 1. The molecule has 0 aliphatic carbocycles. The van der Waals surface area contributed by atoms with Gasteiger partial charge in [-0.2, -0.15) is 8.42 Å². The van der Waals surface area contributed by atoms with Crippen molar-refractivity contribution >= 4 is 49.8 Å². The normalized spacial score (nSPS) is 12.0. The molecule has 0 amide bonds. The highest BCUT2D eigenvalue weighted by Gasteiger charge is 2.22. The molecule has 0 aromatic heterocycles. The maximum absolute atomic E-state index is 11.7. The number of hydrogen-bond acceptors (Lipinski definition) is 6. The largest absolute Gasteiger partial charge is 0.505 e. The summed E-state index contributed by atoms with van der Waals surface area (Å²) in [5.74, 6) is -1.98. The lowest BCUT2D eigenvalue weighted by atomic mass is 10.0. The van der Waals surface area contributed by atoms with Gasteiger partial charge in [0, 0.05) is 10.4 Å². The van der Waals surface area contributed by atoms with Crippen LogP contribution in [-0.2, 0) is 10.1 Å². The summed E-state index contributed by atoms with van der Waals surface area (Å²) in [5.41, 5.74) is -0.665. The summed E-state index contributed by atoms with van der Waals surface area (Å²) in [4.78, 5) is 10.9. The second-order valence-corrected chi connectivity index (χ2v) is 7.61. The Labute approximate surface area is 164 Å². The van der Waals surface area contributed by atoms with E-state index in [-0.39, 0.29) is 27.5 Å². The van der Waals surface area contributed by atoms with Crippen molar-refractivity contribution in [3.8, 4) is 5.75 Å². The van der Waals surface area contributed by atoms with Crippen LogP contribution in [0.4, 0.5) is 11.4 Å². The quantitative estimate of drug-likeness (QED) is 0.407. The minimum Gasteiger partial charge on any atom is -0.505 e. The van der Waals surface area contributed by atoms with E-state index < -0.39 is 26.7 Å². The van der Waals surface area contributed by atoms with Crippen molar-refractivity contribution in [2.75, 3.05) is 0 Å². The van der Waals surface area contributed by atoms with Crippen LogP contribution in [0.1, 0.15) is 15.9 Å². The Morgan fingerprint density at radius 1 is 1.11 bits per heavy atom. The summed E-state index contributed by atoms with van der Waals surface area (Å²) in [6.07, 6.45) is 0. The van der Waals surface area contributed by atoms with Crippen LogP contribution >= 0.6 is 11.6 Å². The predicted molar refractivity (Wildman–Crippen MR) is 103 cm³/mol. The fourth-order valence-corrected chi connectivity index (χ4v) is 3.83. The Morgan fingerprint density at radius 3 is 2.43 bits per heavy atom. The second kappa shape index (κ2) is 7.19.